The Kier molecular flexibility index (Phi) is 4.87. The van der Waals surface area contributed by atoms with E-state index >= 15 is 0 Å². The lowest BCUT2D eigenvalue weighted by Gasteiger charge is -2.32. The first-order chi connectivity index (χ1) is 10.1. The molecule has 7 heteroatoms. The van der Waals surface area contributed by atoms with Crippen LogP contribution in [0.25, 0.3) is 0 Å². The number of morpholine rings is 1. The molecule has 0 aliphatic carbocycles. The molecule has 1 amide bonds. The molecule has 1 fully saturated rings. The van der Waals surface area contributed by atoms with Gasteiger partial charge in [-0.2, -0.15) is 0 Å². The summed E-state index contributed by atoms with van der Waals surface area (Å²) in [7, 11) is 2.99. The zero-order valence-electron chi connectivity index (χ0n) is 12.2. The van der Waals surface area contributed by atoms with Gasteiger partial charge < -0.3 is 30.0 Å². The third-order valence-electron chi connectivity index (χ3n) is 3.43. The molecule has 2 rings (SSSR count). The number of carbonyl (C=O) groups excluding carboxylic acids is 1. The van der Waals surface area contributed by atoms with Gasteiger partial charge in [-0.1, -0.05) is 0 Å². The number of nitrogen functional groups attached to an aromatic ring is 1. The van der Waals surface area contributed by atoms with Gasteiger partial charge >= 0.3 is 0 Å². The molecule has 1 aliphatic rings. The number of aliphatic hydroxyl groups is 1. The van der Waals surface area contributed by atoms with E-state index in [2.05, 4.69) is 0 Å². The minimum atomic E-state index is -0.364. The molecule has 7 nitrogen and oxygen atoms in total. The number of amides is 1. The second-order valence-corrected chi connectivity index (χ2v) is 4.72. The number of benzene rings is 1. The highest BCUT2D eigenvalue weighted by Crippen LogP contribution is 2.32. The lowest BCUT2D eigenvalue weighted by molar-refractivity contribution is -0.0447. The van der Waals surface area contributed by atoms with Gasteiger partial charge in [0.05, 0.1) is 44.8 Å². The maximum Gasteiger partial charge on any atom is 0.256 e. The van der Waals surface area contributed by atoms with Crippen molar-refractivity contribution in [3.8, 4) is 11.5 Å². The van der Waals surface area contributed by atoms with Crippen molar-refractivity contribution in [1.29, 1.82) is 0 Å². The van der Waals surface area contributed by atoms with Crippen LogP contribution in [-0.2, 0) is 4.74 Å². The first kappa shape index (κ1) is 15.4. The van der Waals surface area contributed by atoms with Crippen LogP contribution in [0.2, 0.25) is 0 Å². The van der Waals surface area contributed by atoms with Crippen LogP contribution in [-0.4, -0.2) is 62.5 Å². The minimum absolute atomic E-state index is 0.124. The lowest BCUT2D eigenvalue weighted by atomic mass is 10.1. The van der Waals surface area contributed by atoms with E-state index in [1.807, 2.05) is 0 Å². The van der Waals surface area contributed by atoms with E-state index in [4.69, 9.17) is 25.1 Å². The molecule has 0 radical (unpaired) electrons. The topological polar surface area (TPSA) is 94.3 Å². The quantitative estimate of drug-likeness (QED) is 0.766. The summed E-state index contributed by atoms with van der Waals surface area (Å²) >= 11 is 0. The van der Waals surface area contributed by atoms with Gasteiger partial charge in [0.1, 0.15) is 11.5 Å². The van der Waals surface area contributed by atoms with Crippen molar-refractivity contribution < 1.29 is 24.1 Å². The van der Waals surface area contributed by atoms with Crippen LogP contribution in [0.4, 0.5) is 5.69 Å². The molecule has 116 valence electrons. The molecule has 0 saturated carbocycles. The van der Waals surface area contributed by atoms with Crippen molar-refractivity contribution in [2.75, 3.05) is 46.3 Å². The van der Waals surface area contributed by atoms with E-state index < -0.39 is 0 Å². The Morgan fingerprint density at radius 3 is 2.86 bits per heavy atom. The first-order valence-electron chi connectivity index (χ1n) is 6.64. The first-order valence-corrected chi connectivity index (χ1v) is 6.64. The molecule has 21 heavy (non-hydrogen) atoms. The maximum absolute atomic E-state index is 12.6. The van der Waals surface area contributed by atoms with Crippen LogP contribution in [0.1, 0.15) is 10.4 Å². The van der Waals surface area contributed by atoms with E-state index in [0.29, 0.717) is 36.8 Å². The van der Waals surface area contributed by atoms with Crippen molar-refractivity contribution in [2.45, 2.75) is 6.10 Å². The number of hydrogen-bond acceptors (Lipinski definition) is 6. The Bertz CT molecular complexity index is 520. The third kappa shape index (κ3) is 3.20. The Hall–Kier alpha value is -1.99. The van der Waals surface area contributed by atoms with Gasteiger partial charge in [-0.3, -0.25) is 4.79 Å². The zero-order chi connectivity index (χ0) is 15.4. The van der Waals surface area contributed by atoms with Crippen LogP contribution in [0.5, 0.6) is 11.5 Å². The summed E-state index contributed by atoms with van der Waals surface area (Å²) in [4.78, 5) is 14.2. The largest absolute Gasteiger partial charge is 0.497 e. The van der Waals surface area contributed by atoms with Crippen molar-refractivity contribution in [3.63, 3.8) is 0 Å². The SMILES string of the molecule is COc1cc(OC)c(N)c(C(=O)N2CCOC(CO)C2)c1. The molecule has 3 N–H and O–H groups in total. The standard InChI is InChI=1S/C14H20N2O5/c1-19-9-5-11(13(15)12(6-9)20-2)14(18)16-3-4-21-10(7-16)8-17/h5-6,10,17H,3-4,7-8,15H2,1-2H3. The van der Waals surface area contributed by atoms with Gasteiger partial charge in [0.2, 0.25) is 0 Å². The van der Waals surface area contributed by atoms with Crippen LogP contribution >= 0.6 is 0 Å². The number of rotatable bonds is 4. The average molecular weight is 296 g/mol. The molecule has 1 saturated heterocycles. The van der Waals surface area contributed by atoms with E-state index in [0.717, 1.165) is 0 Å². The minimum Gasteiger partial charge on any atom is -0.497 e. The van der Waals surface area contributed by atoms with Crippen LogP contribution < -0.4 is 15.2 Å². The maximum atomic E-state index is 12.6. The van der Waals surface area contributed by atoms with Gasteiger partial charge in [-0.25, -0.2) is 0 Å². The number of carbonyl (C=O) groups is 1. The van der Waals surface area contributed by atoms with Crippen molar-refractivity contribution in [1.82, 2.24) is 4.90 Å². The second kappa shape index (κ2) is 6.64. The van der Waals surface area contributed by atoms with Crippen molar-refractivity contribution in [3.05, 3.63) is 17.7 Å². The number of anilines is 1. The van der Waals surface area contributed by atoms with Crippen LogP contribution in [0.15, 0.2) is 12.1 Å². The molecule has 1 unspecified atom stereocenters. The molecule has 1 aliphatic heterocycles. The normalized spacial score (nSPS) is 18.4. The summed E-state index contributed by atoms with van der Waals surface area (Å²) < 4.78 is 15.7. The Morgan fingerprint density at radius 1 is 1.48 bits per heavy atom. The second-order valence-electron chi connectivity index (χ2n) is 4.72. The van der Waals surface area contributed by atoms with Gasteiger partial charge in [0, 0.05) is 19.2 Å². The van der Waals surface area contributed by atoms with E-state index in [1.54, 1.807) is 17.0 Å². The summed E-state index contributed by atoms with van der Waals surface area (Å²) in [5.74, 6) is 0.660. The van der Waals surface area contributed by atoms with Gasteiger partial charge in [-0.05, 0) is 6.07 Å². The van der Waals surface area contributed by atoms with E-state index in [9.17, 15) is 4.79 Å². The molecule has 0 aromatic heterocycles. The molecule has 0 bridgehead atoms. The highest BCUT2D eigenvalue weighted by molar-refractivity contribution is 6.01. The number of ether oxygens (including phenoxy) is 3. The fourth-order valence-corrected chi connectivity index (χ4v) is 2.25. The van der Waals surface area contributed by atoms with Gasteiger partial charge in [0.15, 0.2) is 0 Å². The zero-order valence-corrected chi connectivity index (χ0v) is 12.2. The van der Waals surface area contributed by atoms with Crippen LogP contribution in [0, 0.1) is 0 Å². The number of nitrogens with zero attached hydrogens (tertiary/aromatic N) is 1. The highest BCUT2D eigenvalue weighted by atomic mass is 16.5. The lowest BCUT2D eigenvalue weighted by Crippen LogP contribution is -2.47. The summed E-state index contributed by atoms with van der Waals surface area (Å²) in [6.45, 7) is 1.04. The molecular formula is C14H20N2O5. The fraction of sp³-hybridized carbons (Fsp3) is 0.500. The summed E-state index contributed by atoms with van der Waals surface area (Å²) in [6, 6.07) is 3.21. The molecule has 1 aromatic carbocycles. The number of nitrogens with two attached hydrogens (primary N) is 1. The third-order valence-corrected chi connectivity index (χ3v) is 3.43. The summed E-state index contributed by atoms with van der Waals surface area (Å²) in [5, 5.41) is 9.15. The monoisotopic (exact) mass is 296 g/mol. The van der Waals surface area contributed by atoms with E-state index in [-0.39, 0.29) is 24.3 Å². The number of aliphatic hydroxyl groups excluding tert-OH is 1. The molecular weight excluding hydrogens is 276 g/mol. The summed E-state index contributed by atoms with van der Waals surface area (Å²) in [5.41, 5.74) is 6.58. The Morgan fingerprint density at radius 2 is 2.24 bits per heavy atom. The van der Waals surface area contributed by atoms with Crippen molar-refractivity contribution >= 4 is 11.6 Å². The average Bonchev–Trinajstić information content (AvgIpc) is 2.54. The van der Waals surface area contributed by atoms with Gasteiger partial charge in [-0.15, -0.1) is 0 Å². The predicted molar refractivity (Wildman–Crippen MR) is 76.7 cm³/mol. The van der Waals surface area contributed by atoms with Crippen molar-refractivity contribution in [2.24, 2.45) is 0 Å². The Labute approximate surface area is 123 Å². The molecule has 0 spiro atoms. The number of methoxy groups -OCH3 is 2. The smallest absolute Gasteiger partial charge is 0.256 e. The molecule has 1 heterocycles. The molecule has 1 aromatic rings. The number of hydrogen-bond donors (Lipinski definition) is 2. The highest BCUT2D eigenvalue weighted by Gasteiger charge is 2.27. The molecule has 1 atom stereocenters. The van der Waals surface area contributed by atoms with Gasteiger partial charge in [0.25, 0.3) is 5.91 Å². The Balaban J connectivity index is 2.29. The van der Waals surface area contributed by atoms with E-state index in [1.165, 1.54) is 14.2 Å². The summed E-state index contributed by atoms with van der Waals surface area (Å²) in [6.07, 6.45) is -0.364. The fourth-order valence-electron chi connectivity index (χ4n) is 2.25. The van der Waals surface area contributed by atoms with Crippen LogP contribution in [0.3, 0.4) is 0 Å². The predicted octanol–water partition coefficient (Wildman–Crippen LogP) is 0.119.